The molecule has 0 aromatic heterocycles. The van der Waals surface area contributed by atoms with Gasteiger partial charge in [-0.05, 0) is 105 Å². The Morgan fingerprint density at radius 3 is 2.20 bits per heavy atom. The summed E-state index contributed by atoms with van der Waals surface area (Å²) >= 11 is 0. The lowest BCUT2D eigenvalue weighted by Crippen LogP contribution is -2.14. The van der Waals surface area contributed by atoms with Gasteiger partial charge in [0.25, 0.3) is 0 Å². The lowest BCUT2D eigenvalue weighted by Gasteiger charge is -2.18. The number of unbranched alkanes of at least 4 members (excludes halogenated alkanes) is 3. The van der Waals surface area contributed by atoms with Crippen molar-refractivity contribution in [1.82, 2.24) is 0 Å². The van der Waals surface area contributed by atoms with E-state index in [2.05, 4.69) is 6.07 Å². The zero-order valence-corrected chi connectivity index (χ0v) is 30.2. The number of rotatable bonds is 21. The topological polar surface area (TPSA) is 107 Å². The van der Waals surface area contributed by atoms with Gasteiger partial charge >= 0.3 is 11.9 Å². The summed E-state index contributed by atoms with van der Waals surface area (Å²) in [5.41, 5.74) is 4.63. The molecule has 51 heavy (non-hydrogen) atoms. The Labute approximate surface area is 301 Å². The van der Waals surface area contributed by atoms with Crippen LogP contribution >= 0.6 is 0 Å². The molecular formula is C42H52O9. The second-order valence-corrected chi connectivity index (χ2v) is 13.1. The third-order valence-corrected chi connectivity index (χ3v) is 9.48. The van der Waals surface area contributed by atoms with Crippen LogP contribution < -0.4 is 18.9 Å². The Morgan fingerprint density at radius 1 is 0.706 bits per heavy atom. The average Bonchev–Trinajstić information content (AvgIpc) is 3.85. The van der Waals surface area contributed by atoms with E-state index in [9.17, 15) is 14.4 Å². The number of ketones is 1. The van der Waals surface area contributed by atoms with E-state index in [4.69, 9.17) is 28.4 Å². The first-order chi connectivity index (χ1) is 25.0. The van der Waals surface area contributed by atoms with Crippen LogP contribution in [0.2, 0.25) is 0 Å². The summed E-state index contributed by atoms with van der Waals surface area (Å²) in [6.07, 6.45) is 10.4. The first-order valence-corrected chi connectivity index (χ1v) is 18.7. The third-order valence-electron chi connectivity index (χ3n) is 9.48. The van der Waals surface area contributed by atoms with Crippen molar-refractivity contribution in [2.75, 3.05) is 33.2 Å². The van der Waals surface area contributed by atoms with Crippen molar-refractivity contribution in [3.8, 4) is 34.1 Å². The van der Waals surface area contributed by atoms with E-state index in [-0.39, 0.29) is 36.9 Å². The maximum atomic E-state index is 13.9. The van der Waals surface area contributed by atoms with Gasteiger partial charge in [0, 0.05) is 18.8 Å². The number of esters is 2. The molecule has 0 unspecified atom stereocenters. The second-order valence-electron chi connectivity index (χ2n) is 13.1. The fraction of sp³-hybridized carbons (Fsp3) is 0.500. The van der Waals surface area contributed by atoms with Crippen molar-refractivity contribution in [3.05, 3.63) is 71.3 Å². The normalized spacial score (nSPS) is 13.6. The molecule has 1 aliphatic heterocycles. The highest BCUT2D eigenvalue weighted by molar-refractivity contribution is 6.06. The summed E-state index contributed by atoms with van der Waals surface area (Å²) in [5.74, 6) is 2.54. The minimum absolute atomic E-state index is 0.0261. The van der Waals surface area contributed by atoms with Gasteiger partial charge in [-0.3, -0.25) is 14.4 Å². The van der Waals surface area contributed by atoms with Crippen LogP contribution in [0.4, 0.5) is 0 Å². The molecule has 0 spiro atoms. The molecule has 0 saturated heterocycles. The molecule has 0 radical (unpaired) electrons. The van der Waals surface area contributed by atoms with E-state index in [0.717, 1.165) is 85.8 Å². The van der Waals surface area contributed by atoms with Crippen LogP contribution in [-0.4, -0.2) is 50.9 Å². The van der Waals surface area contributed by atoms with Crippen LogP contribution in [0.1, 0.15) is 106 Å². The Kier molecular flexibility index (Phi) is 14.6. The number of ether oxygens (including phenoxy) is 6. The minimum Gasteiger partial charge on any atom is -0.493 e. The van der Waals surface area contributed by atoms with Crippen LogP contribution in [0.25, 0.3) is 11.1 Å². The highest BCUT2D eigenvalue weighted by atomic mass is 16.7. The number of hydrogen-bond donors (Lipinski definition) is 0. The Hall–Kier alpha value is -4.53. The molecule has 5 rings (SSSR count). The summed E-state index contributed by atoms with van der Waals surface area (Å²) in [5, 5.41) is 0. The smallest absolute Gasteiger partial charge is 0.306 e. The average molecular weight is 701 g/mol. The fourth-order valence-electron chi connectivity index (χ4n) is 6.91. The van der Waals surface area contributed by atoms with Crippen molar-refractivity contribution in [3.63, 3.8) is 0 Å². The van der Waals surface area contributed by atoms with Crippen LogP contribution in [0, 0.1) is 5.92 Å². The summed E-state index contributed by atoms with van der Waals surface area (Å²) in [6.45, 7) is 5.44. The van der Waals surface area contributed by atoms with Gasteiger partial charge in [0.1, 0.15) is 11.5 Å². The Bertz CT molecular complexity index is 1610. The highest BCUT2D eigenvalue weighted by Gasteiger charge is 2.29. The second kappa shape index (κ2) is 19.8. The van der Waals surface area contributed by atoms with Gasteiger partial charge in [-0.25, -0.2) is 0 Å². The summed E-state index contributed by atoms with van der Waals surface area (Å²) in [6, 6.07) is 17.7. The maximum Gasteiger partial charge on any atom is 0.306 e. The highest BCUT2D eigenvalue weighted by Crippen LogP contribution is 2.41. The molecule has 9 nitrogen and oxygen atoms in total. The largest absolute Gasteiger partial charge is 0.493 e. The molecule has 1 heterocycles. The van der Waals surface area contributed by atoms with Gasteiger partial charge in [0.05, 0.1) is 32.0 Å². The number of Topliss-reactive ketones (excluding diaryl/α,β-unsaturated/α-hetero) is 1. The van der Waals surface area contributed by atoms with E-state index in [1.54, 1.807) is 6.92 Å². The molecule has 3 aromatic rings. The standard InChI is InChI=1S/C42H52O9/c1-3-46-39(43)21-13-27-48-35-19-11-17-30(33(35)23-25-40(44)47-4-2)14-7-5-6-10-26-49-37-20-12-18-34(41(37)42(45)31-15-8-9-16-31)32-22-24-36-38(28-32)51-29-50-36/h11-12,17-20,22,24,28,31H,3-10,13-16,21,23,25-27,29H2,1-2H3. The van der Waals surface area contributed by atoms with E-state index >= 15 is 0 Å². The molecule has 0 N–H and O–H groups in total. The zero-order chi connectivity index (χ0) is 35.8. The van der Waals surface area contributed by atoms with E-state index < -0.39 is 0 Å². The van der Waals surface area contributed by atoms with Crippen LogP contribution in [0.15, 0.2) is 54.6 Å². The van der Waals surface area contributed by atoms with Gasteiger partial charge in [-0.1, -0.05) is 56.0 Å². The quantitative estimate of drug-likeness (QED) is 0.0612. The van der Waals surface area contributed by atoms with Gasteiger partial charge < -0.3 is 28.4 Å². The monoisotopic (exact) mass is 700 g/mol. The number of carbonyl (C=O) groups is 3. The van der Waals surface area contributed by atoms with E-state index in [1.165, 1.54) is 0 Å². The number of carbonyl (C=O) groups excluding carboxylic acids is 3. The van der Waals surface area contributed by atoms with E-state index in [0.29, 0.717) is 68.5 Å². The molecule has 0 amide bonds. The zero-order valence-electron chi connectivity index (χ0n) is 30.2. The minimum atomic E-state index is -0.227. The lowest BCUT2D eigenvalue weighted by molar-refractivity contribution is -0.144. The summed E-state index contributed by atoms with van der Waals surface area (Å²) < 4.78 is 33.8. The van der Waals surface area contributed by atoms with Crippen molar-refractivity contribution >= 4 is 17.7 Å². The SMILES string of the molecule is CCOC(=O)CCCOc1cccc(CCCCCCOc2cccc(-c3ccc4c(c3)OCO4)c2C(=O)C2CCCC2)c1CCC(=O)OCC. The van der Waals surface area contributed by atoms with Crippen molar-refractivity contribution < 1.29 is 42.8 Å². The predicted octanol–water partition coefficient (Wildman–Crippen LogP) is 8.85. The predicted molar refractivity (Wildman–Crippen MR) is 195 cm³/mol. The van der Waals surface area contributed by atoms with Gasteiger partial charge in [0.15, 0.2) is 17.3 Å². The molecule has 1 aliphatic carbocycles. The number of aryl methyl sites for hydroxylation is 1. The Morgan fingerprint density at radius 2 is 1.39 bits per heavy atom. The van der Waals surface area contributed by atoms with Gasteiger partial charge in [-0.15, -0.1) is 0 Å². The summed E-state index contributed by atoms with van der Waals surface area (Å²) in [7, 11) is 0. The molecule has 2 aliphatic rings. The molecule has 1 saturated carbocycles. The molecule has 274 valence electrons. The molecule has 3 aromatic carbocycles. The molecule has 0 bridgehead atoms. The van der Waals surface area contributed by atoms with Crippen LogP contribution in [0.3, 0.4) is 0 Å². The fourth-order valence-corrected chi connectivity index (χ4v) is 6.91. The molecule has 1 fully saturated rings. The maximum absolute atomic E-state index is 13.9. The third kappa shape index (κ3) is 10.7. The van der Waals surface area contributed by atoms with Gasteiger partial charge in [0.2, 0.25) is 6.79 Å². The van der Waals surface area contributed by atoms with Crippen molar-refractivity contribution in [1.29, 1.82) is 0 Å². The number of benzene rings is 3. The number of hydrogen-bond acceptors (Lipinski definition) is 9. The van der Waals surface area contributed by atoms with Crippen molar-refractivity contribution in [2.45, 2.75) is 97.3 Å². The number of fused-ring (bicyclic) bond motifs is 1. The summed E-state index contributed by atoms with van der Waals surface area (Å²) in [4.78, 5) is 37.8. The Balaban J connectivity index is 1.16. The molecule has 9 heteroatoms. The van der Waals surface area contributed by atoms with Crippen molar-refractivity contribution in [2.24, 2.45) is 5.92 Å². The van der Waals surface area contributed by atoms with Crippen LogP contribution in [0.5, 0.6) is 23.0 Å². The van der Waals surface area contributed by atoms with Crippen LogP contribution in [-0.2, 0) is 31.9 Å². The first kappa shape index (κ1) is 37.7. The van der Waals surface area contributed by atoms with Gasteiger partial charge in [-0.2, -0.15) is 0 Å². The first-order valence-electron chi connectivity index (χ1n) is 18.7. The molecule has 0 atom stereocenters. The lowest BCUT2D eigenvalue weighted by atomic mass is 9.89. The van der Waals surface area contributed by atoms with E-state index in [1.807, 2.05) is 55.5 Å². The molecular weight excluding hydrogens is 648 g/mol.